The smallest absolute Gasteiger partial charge is 0.0978 e. The number of pyridine rings is 2. The van der Waals surface area contributed by atoms with E-state index in [1.54, 1.807) is 0 Å². The summed E-state index contributed by atoms with van der Waals surface area (Å²) in [6.45, 7) is 0. The number of hydrogen-bond donors (Lipinski definition) is 0. The molecule has 6 aromatic rings. The second-order valence-electron chi connectivity index (χ2n) is 8.59. The van der Waals surface area contributed by atoms with Crippen molar-refractivity contribution in [1.29, 1.82) is 0 Å². The van der Waals surface area contributed by atoms with Crippen LogP contribution < -0.4 is 0 Å². The highest BCUT2D eigenvalue weighted by molar-refractivity contribution is 6.21. The van der Waals surface area contributed by atoms with Gasteiger partial charge in [0, 0.05) is 28.5 Å². The zero-order chi connectivity index (χ0) is 22.5. The molecule has 7 rings (SSSR count). The predicted octanol–water partition coefficient (Wildman–Crippen LogP) is 8.28. The molecule has 0 bridgehead atoms. The Kier molecular flexibility index (Phi) is 4.18. The summed E-state index contributed by atoms with van der Waals surface area (Å²) < 4.78 is 0. The molecule has 2 heteroatoms. The molecule has 0 aliphatic heterocycles. The summed E-state index contributed by atoms with van der Waals surface area (Å²) in [5.74, 6) is 0. The van der Waals surface area contributed by atoms with E-state index in [9.17, 15) is 0 Å². The zero-order valence-corrected chi connectivity index (χ0v) is 18.4. The van der Waals surface area contributed by atoms with Crippen LogP contribution in [0.5, 0.6) is 0 Å². The molecule has 0 atom stereocenters. The van der Waals surface area contributed by atoms with Gasteiger partial charge in [-0.3, -0.25) is 4.98 Å². The molecule has 0 saturated carbocycles. The van der Waals surface area contributed by atoms with E-state index in [2.05, 4.69) is 103 Å². The maximum atomic E-state index is 5.37. The summed E-state index contributed by atoms with van der Waals surface area (Å²) >= 11 is 0. The number of rotatable bonds is 3. The van der Waals surface area contributed by atoms with E-state index in [4.69, 9.17) is 9.97 Å². The summed E-state index contributed by atoms with van der Waals surface area (Å²) in [5.41, 5.74) is 11.1. The van der Waals surface area contributed by atoms with Crippen LogP contribution in [0.1, 0.15) is 0 Å². The van der Waals surface area contributed by atoms with Crippen LogP contribution in [0, 0.1) is 0 Å². The Hall–Kier alpha value is -4.56. The molecule has 0 radical (unpaired) electrons. The Morgan fingerprint density at radius 3 is 1.76 bits per heavy atom. The highest BCUT2D eigenvalue weighted by Gasteiger charge is 2.31. The molecule has 2 aromatic heterocycles. The van der Waals surface area contributed by atoms with Crippen LogP contribution in [-0.4, -0.2) is 9.97 Å². The normalized spacial score (nSPS) is 11.5. The molecule has 0 saturated heterocycles. The molecule has 1 aliphatic carbocycles. The molecule has 0 spiro atoms. The van der Waals surface area contributed by atoms with Crippen LogP contribution in [-0.2, 0) is 0 Å². The first-order chi connectivity index (χ1) is 16.9. The van der Waals surface area contributed by atoms with Crippen LogP contribution >= 0.6 is 0 Å². The van der Waals surface area contributed by atoms with E-state index in [1.165, 1.54) is 33.0 Å². The zero-order valence-electron chi connectivity index (χ0n) is 18.4. The van der Waals surface area contributed by atoms with Gasteiger partial charge >= 0.3 is 0 Å². The van der Waals surface area contributed by atoms with Crippen molar-refractivity contribution in [3.63, 3.8) is 0 Å². The number of aromatic nitrogens is 2. The molecule has 0 fully saturated rings. The van der Waals surface area contributed by atoms with Crippen LogP contribution in [0.3, 0.4) is 0 Å². The number of benzene rings is 4. The van der Waals surface area contributed by atoms with Gasteiger partial charge in [-0.1, -0.05) is 103 Å². The van der Waals surface area contributed by atoms with Gasteiger partial charge in [-0.15, -0.1) is 0 Å². The average molecular weight is 433 g/mol. The second kappa shape index (κ2) is 7.50. The monoisotopic (exact) mass is 432 g/mol. The quantitative estimate of drug-likeness (QED) is 0.281. The standard InChI is InChI=1S/C32H20N2/c1-3-11-22(12-4-1)28-29-24-17-9-15-21-16-10-18-25(27(21)24)30(29)31(23-13-5-2-6-14-23)34-32(28)26-19-7-8-20-33-26/h1-20H. The highest BCUT2D eigenvalue weighted by Crippen LogP contribution is 2.55. The van der Waals surface area contributed by atoms with Gasteiger partial charge in [0.1, 0.15) is 0 Å². The first-order valence-corrected chi connectivity index (χ1v) is 11.5. The lowest BCUT2D eigenvalue weighted by Crippen LogP contribution is -1.99. The molecule has 2 nitrogen and oxygen atoms in total. The molecule has 34 heavy (non-hydrogen) atoms. The van der Waals surface area contributed by atoms with Crippen LogP contribution in [0.2, 0.25) is 0 Å². The summed E-state index contributed by atoms with van der Waals surface area (Å²) in [4.78, 5) is 10.1. The van der Waals surface area contributed by atoms with Gasteiger partial charge in [0.2, 0.25) is 0 Å². The molecule has 0 amide bonds. The third-order valence-electron chi connectivity index (χ3n) is 6.66. The van der Waals surface area contributed by atoms with E-state index in [0.29, 0.717) is 0 Å². The van der Waals surface area contributed by atoms with Crippen LogP contribution in [0.25, 0.3) is 66.8 Å². The minimum absolute atomic E-state index is 0.879. The highest BCUT2D eigenvalue weighted by atomic mass is 14.8. The fraction of sp³-hybridized carbons (Fsp3) is 0. The summed E-state index contributed by atoms with van der Waals surface area (Å²) in [5, 5.41) is 2.55. The fourth-order valence-electron chi connectivity index (χ4n) is 5.25. The Labute approximate surface area is 198 Å². The molecule has 1 aliphatic rings. The number of fused-ring (bicyclic) bond motifs is 3. The van der Waals surface area contributed by atoms with Gasteiger partial charge in [-0.25, -0.2) is 4.98 Å². The van der Waals surface area contributed by atoms with Crippen molar-refractivity contribution < 1.29 is 0 Å². The van der Waals surface area contributed by atoms with Crippen molar-refractivity contribution in [3.05, 3.63) is 121 Å². The largest absolute Gasteiger partial charge is 0.255 e. The van der Waals surface area contributed by atoms with Gasteiger partial charge < -0.3 is 0 Å². The minimum Gasteiger partial charge on any atom is -0.255 e. The third-order valence-corrected chi connectivity index (χ3v) is 6.66. The van der Waals surface area contributed by atoms with E-state index < -0.39 is 0 Å². The SMILES string of the molecule is c1ccc(-c2nc(-c3ccccn3)c(-c3ccccc3)c3c2-c2cccc4cccc-3c24)cc1. The first-order valence-electron chi connectivity index (χ1n) is 11.5. The van der Waals surface area contributed by atoms with Gasteiger partial charge in [-0.2, -0.15) is 0 Å². The van der Waals surface area contributed by atoms with Gasteiger partial charge in [0.25, 0.3) is 0 Å². The average Bonchev–Trinajstić information content (AvgIpc) is 3.26. The van der Waals surface area contributed by atoms with Gasteiger partial charge in [0.15, 0.2) is 0 Å². The summed E-state index contributed by atoms with van der Waals surface area (Å²) in [7, 11) is 0. The minimum atomic E-state index is 0.879. The van der Waals surface area contributed by atoms with E-state index in [1.807, 2.05) is 18.3 Å². The molecule has 0 N–H and O–H groups in total. The first kappa shape index (κ1) is 19.0. The lowest BCUT2D eigenvalue weighted by molar-refractivity contribution is 1.25. The predicted molar refractivity (Wildman–Crippen MR) is 140 cm³/mol. The van der Waals surface area contributed by atoms with Crippen molar-refractivity contribution in [2.24, 2.45) is 0 Å². The Bertz CT molecular complexity index is 1670. The van der Waals surface area contributed by atoms with Crippen LogP contribution in [0.15, 0.2) is 121 Å². The topological polar surface area (TPSA) is 25.8 Å². The Morgan fingerprint density at radius 1 is 0.441 bits per heavy atom. The second-order valence-corrected chi connectivity index (χ2v) is 8.59. The molecule has 2 heterocycles. The van der Waals surface area contributed by atoms with Crippen molar-refractivity contribution in [3.8, 4) is 56.0 Å². The molecule has 4 aromatic carbocycles. The Balaban J connectivity index is 1.71. The van der Waals surface area contributed by atoms with Crippen molar-refractivity contribution in [2.45, 2.75) is 0 Å². The molecule has 158 valence electrons. The van der Waals surface area contributed by atoms with E-state index in [-0.39, 0.29) is 0 Å². The number of hydrogen-bond acceptors (Lipinski definition) is 2. The van der Waals surface area contributed by atoms with Crippen molar-refractivity contribution in [2.75, 3.05) is 0 Å². The summed E-state index contributed by atoms with van der Waals surface area (Å²) in [6.07, 6.45) is 1.84. The molecular formula is C32H20N2. The number of nitrogens with zero attached hydrogens (tertiary/aromatic N) is 2. The maximum Gasteiger partial charge on any atom is 0.0978 e. The van der Waals surface area contributed by atoms with Crippen molar-refractivity contribution in [1.82, 2.24) is 9.97 Å². The van der Waals surface area contributed by atoms with E-state index in [0.717, 1.165) is 33.8 Å². The fourth-order valence-corrected chi connectivity index (χ4v) is 5.25. The van der Waals surface area contributed by atoms with Gasteiger partial charge in [-0.05, 0) is 39.6 Å². The lowest BCUT2D eigenvalue weighted by atomic mass is 9.88. The van der Waals surface area contributed by atoms with Crippen molar-refractivity contribution >= 4 is 10.8 Å². The maximum absolute atomic E-state index is 5.37. The van der Waals surface area contributed by atoms with E-state index >= 15 is 0 Å². The summed E-state index contributed by atoms with van der Waals surface area (Å²) in [6, 6.07) is 40.4. The third kappa shape index (κ3) is 2.76. The lowest BCUT2D eigenvalue weighted by Gasteiger charge is -2.19. The Morgan fingerprint density at radius 2 is 1.09 bits per heavy atom. The van der Waals surface area contributed by atoms with Crippen LogP contribution in [0.4, 0.5) is 0 Å². The molecular weight excluding hydrogens is 412 g/mol. The molecule has 0 unspecified atom stereocenters. The van der Waals surface area contributed by atoms with Gasteiger partial charge in [0.05, 0.1) is 17.1 Å².